The second kappa shape index (κ2) is 8.36. The molecule has 0 bridgehead atoms. The molecule has 0 aliphatic carbocycles. The normalized spacial score (nSPS) is 10.2. The predicted octanol–water partition coefficient (Wildman–Crippen LogP) is 5.13. The maximum Gasteiger partial charge on any atom is 0.257 e. The number of hydrogen-bond acceptors (Lipinski definition) is 4. The number of carbonyl (C=O) groups is 1. The molecule has 0 saturated carbocycles. The van der Waals surface area contributed by atoms with Crippen LogP contribution in [0, 0.1) is 0 Å². The van der Waals surface area contributed by atoms with Gasteiger partial charge in [0.1, 0.15) is 5.75 Å². The van der Waals surface area contributed by atoms with E-state index in [1.165, 1.54) is 6.20 Å². The molecule has 0 atom stereocenters. The zero-order valence-corrected chi connectivity index (χ0v) is 15.0. The lowest BCUT2D eigenvalue weighted by atomic mass is 10.2. The molecule has 2 aromatic carbocycles. The average molecular weight is 368 g/mol. The van der Waals surface area contributed by atoms with Gasteiger partial charge in [0.15, 0.2) is 0 Å². The van der Waals surface area contributed by atoms with Crippen molar-refractivity contribution in [2.45, 2.75) is 6.92 Å². The van der Waals surface area contributed by atoms with Gasteiger partial charge in [0.25, 0.3) is 5.91 Å². The lowest BCUT2D eigenvalue weighted by Crippen LogP contribution is -2.12. The smallest absolute Gasteiger partial charge is 0.257 e. The molecule has 0 unspecified atom stereocenters. The number of rotatable bonds is 6. The van der Waals surface area contributed by atoms with Crippen molar-refractivity contribution in [1.82, 2.24) is 4.98 Å². The first-order valence-corrected chi connectivity index (χ1v) is 8.54. The minimum Gasteiger partial charge on any atom is -0.494 e. The molecule has 0 fully saturated rings. The summed E-state index contributed by atoms with van der Waals surface area (Å²) in [5.41, 5.74) is 2.55. The number of pyridine rings is 1. The Balaban J connectivity index is 1.71. The summed E-state index contributed by atoms with van der Waals surface area (Å²) in [6, 6.07) is 16.3. The maximum atomic E-state index is 12.5. The molecule has 0 aliphatic rings. The highest BCUT2D eigenvalue weighted by Crippen LogP contribution is 2.25. The van der Waals surface area contributed by atoms with Gasteiger partial charge in [-0.1, -0.05) is 23.7 Å². The molecule has 0 spiro atoms. The van der Waals surface area contributed by atoms with Crippen LogP contribution >= 0.6 is 11.6 Å². The van der Waals surface area contributed by atoms with Crippen LogP contribution in [0.25, 0.3) is 0 Å². The monoisotopic (exact) mass is 367 g/mol. The van der Waals surface area contributed by atoms with Gasteiger partial charge in [-0.05, 0) is 49.4 Å². The quantitative estimate of drug-likeness (QED) is 0.634. The van der Waals surface area contributed by atoms with Gasteiger partial charge >= 0.3 is 0 Å². The van der Waals surface area contributed by atoms with E-state index in [0.717, 1.165) is 11.4 Å². The summed E-state index contributed by atoms with van der Waals surface area (Å²) in [5.74, 6) is 0.516. The molecule has 3 rings (SSSR count). The fourth-order valence-electron chi connectivity index (χ4n) is 2.35. The predicted molar refractivity (Wildman–Crippen MR) is 105 cm³/mol. The fourth-order valence-corrected chi connectivity index (χ4v) is 2.54. The van der Waals surface area contributed by atoms with E-state index in [0.29, 0.717) is 28.6 Å². The molecule has 26 heavy (non-hydrogen) atoms. The van der Waals surface area contributed by atoms with Crippen LogP contribution in [0.2, 0.25) is 5.02 Å². The Hall–Kier alpha value is -3.05. The number of nitrogens with one attached hydrogen (secondary N) is 2. The van der Waals surface area contributed by atoms with Crippen molar-refractivity contribution in [1.29, 1.82) is 0 Å². The van der Waals surface area contributed by atoms with Crippen molar-refractivity contribution in [3.8, 4) is 5.75 Å². The van der Waals surface area contributed by atoms with E-state index in [4.69, 9.17) is 16.3 Å². The number of nitrogens with zero attached hydrogens (tertiary/aromatic N) is 1. The summed E-state index contributed by atoms with van der Waals surface area (Å²) in [6.07, 6.45) is 3.15. The van der Waals surface area contributed by atoms with Crippen molar-refractivity contribution in [3.05, 3.63) is 77.6 Å². The average Bonchev–Trinajstić information content (AvgIpc) is 2.66. The minimum absolute atomic E-state index is 0.246. The summed E-state index contributed by atoms with van der Waals surface area (Å²) in [4.78, 5) is 16.6. The summed E-state index contributed by atoms with van der Waals surface area (Å²) < 4.78 is 5.39. The fraction of sp³-hybridized carbons (Fsp3) is 0.100. The first-order chi connectivity index (χ1) is 12.7. The molecule has 1 aromatic heterocycles. The highest BCUT2D eigenvalue weighted by molar-refractivity contribution is 6.33. The molecular weight excluding hydrogens is 350 g/mol. The van der Waals surface area contributed by atoms with E-state index in [1.807, 2.05) is 37.3 Å². The number of anilines is 3. The molecule has 0 saturated heterocycles. The van der Waals surface area contributed by atoms with Gasteiger partial charge in [-0.3, -0.25) is 9.78 Å². The van der Waals surface area contributed by atoms with E-state index < -0.39 is 0 Å². The van der Waals surface area contributed by atoms with Crippen LogP contribution < -0.4 is 15.4 Å². The maximum absolute atomic E-state index is 12.5. The van der Waals surface area contributed by atoms with E-state index in [-0.39, 0.29) is 5.91 Å². The van der Waals surface area contributed by atoms with Gasteiger partial charge in [-0.15, -0.1) is 0 Å². The number of hydrogen-bond donors (Lipinski definition) is 2. The van der Waals surface area contributed by atoms with Crippen molar-refractivity contribution < 1.29 is 9.53 Å². The number of benzene rings is 2. The standard InChI is InChI=1S/C20H18ClN3O2/c1-2-26-17-9-7-15(8-10-17)24-20(25)14-11-16(13-22-12-14)23-19-6-4-3-5-18(19)21/h3-13,23H,2H2,1H3,(H,24,25). The second-order valence-electron chi connectivity index (χ2n) is 5.48. The number of carbonyl (C=O) groups excluding carboxylic acids is 1. The van der Waals surface area contributed by atoms with Crippen LogP contribution in [0.3, 0.4) is 0 Å². The Kier molecular flexibility index (Phi) is 5.71. The first-order valence-electron chi connectivity index (χ1n) is 8.16. The first kappa shape index (κ1) is 17.8. The Labute approximate surface area is 157 Å². The molecule has 2 N–H and O–H groups in total. The lowest BCUT2D eigenvalue weighted by Gasteiger charge is -2.10. The summed E-state index contributed by atoms with van der Waals surface area (Å²) in [6.45, 7) is 2.52. The molecule has 3 aromatic rings. The van der Waals surface area contributed by atoms with Gasteiger partial charge in [0.2, 0.25) is 0 Å². The van der Waals surface area contributed by atoms with Crippen LogP contribution in [0.1, 0.15) is 17.3 Å². The summed E-state index contributed by atoms with van der Waals surface area (Å²) in [7, 11) is 0. The molecule has 1 heterocycles. The van der Waals surface area contributed by atoms with Crippen LogP contribution in [-0.4, -0.2) is 17.5 Å². The zero-order valence-electron chi connectivity index (χ0n) is 14.2. The highest BCUT2D eigenvalue weighted by Gasteiger charge is 2.09. The van der Waals surface area contributed by atoms with Gasteiger partial charge in [-0.2, -0.15) is 0 Å². The SMILES string of the molecule is CCOc1ccc(NC(=O)c2cncc(Nc3ccccc3Cl)c2)cc1. The summed E-state index contributed by atoms with van der Waals surface area (Å²) >= 11 is 6.15. The highest BCUT2D eigenvalue weighted by atomic mass is 35.5. The van der Waals surface area contributed by atoms with Crippen molar-refractivity contribution >= 4 is 34.6 Å². The number of amides is 1. The van der Waals surface area contributed by atoms with Crippen LogP contribution in [0.4, 0.5) is 17.1 Å². The molecule has 132 valence electrons. The minimum atomic E-state index is -0.246. The second-order valence-corrected chi connectivity index (χ2v) is 5.89. The molecule has 1 amide bonds. The van der Waals surface area contributed by atoms with Crippen molar-refractivity contribution in [2.24, 2.45) is 0 Å². The van der Waals surface area contributed by atoms with E-state index in [2.05, 4.69) is 15.6 Å². The largest absolute Gasteiger partial charge is 0.494 e. The van der Waals surface area contributed by atoms with E-state index >= 15 is 0 Å². The number of aromatic nitrogens is 1. The molecule has 0 radical (unpaired) electrons. The molecule has 0 aliphatic heterocycles. The van der Waals surface area contributed by atoms with Crippen molar-refractivity contribution in [2.75, 3.05) is 17.2 Å². The van der Waals surface area contributed by atoms with E-state index in [9.17, 15) is 4.79 Å². The summed E-state index contributed by atoms with van der Waals surface area (Å²) in [5, 5.41) is 6.60. The van der Waals surface area contributed by atoms with Gasteiger partial charge < -0.3 is 15.4 Å². The Bertz CT molecular complexity index is 898. The Morgan fingerprint density at radius 2 is 1.85 bits per heavy atom. The Morgan fingerprint density at radius 3 is 2.58 bits per heavy atom. The van der Waals surface area contributed by atoms with Crippen LogP contribution in [-0.2, 0) is 0 Å². The van der Waals surface area contributed by atoms with Gasteiger partial charge in [-0.25, -0.2) is 0 Å². The number of para-hydroxylation sites is 1. The van der Waals surface area contributed by atoms with Crippen molar-refractivity contribution in [3.63, 3.8) is 0 Å². The molecule has 5 nitrogen and oxygen atoms in total. The molecular formula is C20H18ClN3O2. The third-order valence-corrected chi connectivity index (χ3v) is 3.91. The third-order valence-electron chi connectivity index (χ3n) is 3.58. The Morgan fingerprint density at radius 1 is 1.08 bits per heavy atom. The van der Waals surface area contributed by atoms with E-state index in [1.54, 1.807) is 30.5 Å². The van der Waals surface area contributed by atoms with Crippen LogP contribution in [0.5, 0.6) is 5.75 Å². The zero-order chi connectivity index (χ0) is 18.4. The van der Waals surface area contributed by atoms with Gasteiger partial charge in [0.05, 0.1) is 34.8 Å². The number of halogens is 1. The number of ether oxygens (including phenoxy) is 1. The molecule has 6 heteroatoms. The van der Waals surface area contributed by atoms with Crippen LogP contribution in [0.15, 0.2) is 67.0 Å². The van der Waals surface area contributed by atoms with Gasteiger partial charge in [0, 0.05) is 11.9 Å². The third kappa shape index (κ3) is 4.52. The topological polar surface area (TPSA) is 63.2 Å². The lowest BCUT2D eigenvalue weighted by molar-refractivity contribution is 0.102.